The standard InChI is InChI=1S/C17H19NO/c1-3-17(4-2)11-7-8-14(12-17)15-9-5-6-10-16(15)18-13-19/h5-11H,3-4,12H2,1-2H3. The largest absolute Gasteiger partial charge is 0.240 e. The van der Waals surface area contributed by atoms with Crippen molar-refractivity contribution < 1.29 is 4.79 Å². The van der Waals surface area contributed by atoms with E-state index in [-0.39, 0.29) is 5.41 Å². The minimum absolute atomic E-state index is 0.238. The van der Waals surface area contributed by atoms with Crippen molar-refractivity contribution in [2.45, 2.75) is 33.1 Å². The summed E-state index contributed by atoms with van der Waals surface area (Å²) in [6, 6.07) is 7.76. The minimum Gasteiger partial charge on any atom is -0.211 e. The SMILES string of the molecule is CCC1(CC)C=CC=C(c2ccccc2N=C=O)C1. The van der Waals surface area contributed by atoms with Crippen LogP contribution < -0.4 is 0 Å². The zero-order valence-corrected chi connectivity index (χ0v) is 11.5. The quantitative estimate of drug-likeness (QED) is 0.559. The van der Waals surface area contributed by atoms with Crippen molar-refractivity contribution in [1.82, 2.24) is 0 Å². The number of hydrogen-bond acceptors (Lipinski definition) is 2. The van der Waals surface area contributed by atoms with Gasteiger partial charge in [-0.25, -0.2) is 4.79 Å². The molecule has 0 N–H and O–H groups in total. The van der Waals surface area contributed by atoms with Gasteiger partial charge in [0, 0.05) is 5.56 Å². The summed E-state index contributed by atoms with van der Waals surface area (Å²) in [6.45, 7) is 4.46. The third kappa shape index (κ3) is 2.74. The zero-order chi connectivity index (χ0) is 13.7. The summed E-state index contributed by atoms with van der Waals surface area (Å²) in [5.74, 6) is 0. The normalized spacial score (nSPS) is 16.6. The lowest BCUT2D eigenvalue weighted by molar-refractivity contribution is 0.360. The van der Waals surface area contributed by atoms with Crippen molar-refractivity contribution in [3.63, 3.8) is 0 Å². The molecule has 2 nitrogen and oxygen atoms in total. The second-order valence-corrected chi connectivity index (χ2v) is 5.02. The average molecular weight is 253 g/mol. The molecule has 0 aromatic heterocycles. The molecule has 98 valence electrons. The third-order valence-electron chi connectivity index (χ3n) is 4.11. The van der Waals surface area contributed by atoms with Gasteiger partial charge in [-0.1, -0.05) is 50.3 Å². The summed E-state index contributed by atoms with van der Waals surface area (Å²) in [7, 11) is 0. The lowest BCUT2D eigenvalue weighted by Crippen LogP contribution is -2.18. The molecule has 19 heavy (non-hydrogen) atoms. The molecule has 0 radical (unpaired) electrons. The summed E-state index contributed by atoms with van der Waals surface area (Å²) in [4.78, 5) is 14.3. The van der Waals surface area contributed by atoms with Gasteiger partial charge in [-0.3, -0.25) is 0 Å². The van der Waals surface area contributed by atoms with Gasteiger partial charge < -0.3 is 0 Å². The van der Waals surface area contributed by atoms with Crippen molar-refractivity contribution in [3.8, 4) is 0 Å². The highest BCUT2D eigenvalue weighted by atomic mass is 16.1. The van der Waals surface area contributed by atoms with E-state index >= 15 is 0 Å². The predicted octanol–water partition coefficient (Wildman–Crippen LogP) is 4.80. The molecule has 0 aliphatic heterocycles. The van der Waals surface area contributed by atoms with Crippen LogP contribution in [0, 0.1) is 5.41 Å². The second-order valence-electron chi connectivity index (χ2n) is 5.02. The number of para-hydroxylation sites is 1. The number of rotatable bonds is 4. The van der Waals surface area contributed by atoms with Crippen LogP contribution >= 0.6 is 0 Å². The monoisotopic (exact) mass is 253 g/mol. The summed E-state index contributed by atoms with van der Waals surface area (Å²) < 4.78 is 0. The molecule has 0 unspecified atom stereocenters. The fourth-order valence-corrected chi connectivity index (χ4v) is 2.68. The van der Waals surface area contributed by atoms with Crippen LogP contribution in [0.15, 0.2) is 47.5 Å². The number of carbonyl (C=O) groups excluding carboxylic acids is 1. The first kappa shape index (κ1) is 13.5. The molecule has 0 spiro atoms. The lowest BCUT2D eigenvalue weighted by atomic mass is 9.73. The molecule has 0 atom stereocenters. The Bertz CT molecular complexity index is 558. The molecule has 0 saturated carbocycles. The topological polar surface area (TPSA) is 29.4 Å². The maximum absolute atomic E-state index is 10.5. The lowest BCUT2D eigenvalue weighted by Gasteiger charge is -2.32. The van der Waals surface area contributed by atoms with E-state index in [4.69, 9.17) is 0 Å². The van der Waals surface area contributed by atoms with E-state index in [0.717, 1.165) is 24.8 Å². The number of nitrogens with zero attached hydrogens (tertiary/aromatic N) is 1. The molecule has 1 aromatic rings. The van der Waals surface area contributed by atoms with E-state index in [1.54, 1.807) is 6.08 Å². The number of aliphatic imine (C=N–C) groups is 1. The predicted molar refractivity (Wildman–Crippen MR) is 79.0 cm³/mol. The van der Waals surface area contributed by atoms with Crippen molar-refractivity contribution in [3.05, 3.63) is 48.1 Å². The van der Waals surface area contributed by atoms with Gasteiger partial charge in [-0.15, -0.1) is 0 Å². The van der Waals surface area contributed by atoms with Crippen LogP contribution in [0.25, 0.3) is 5.57 Å². The van der Waals surface area contributed by atoms with Gasteiger partial charge in [0.25, 0.3) is 0 Å². The number of isocyanates is 1. The fourth-order valence-electron chi connectivity index (χ4n) is 2.68. The Labute approximate surface area is 114 Å². The summed E-state index contributed by atoms with van der Waals surface area (Å²) in [5, 5.41) is 0. The highest BCUT2D eigenvalue weighted by Gasteiger charge is 2.27. The number of hydrogen-bond donors (Lipinski definition) is 0. The molecule has 0 bridgehead atoms. The first-order chi connectivity index (χ1) is 9.24. The summed E-state index contributed by atoms with van der Waals surface area (Å²) in [5.41, 5.74) is 3.24. The molecule has 0 heterocycles. The third-order valence-corrected chi connectivity index (χ3v) is 4.11. The van der Waals surface area contributed by atoms with Crippen LogP contribution in [0.4, 0.5) is 5.69 Å². The molecular weight excluding hydrogens is 234 g/mol. The zero-order valence-electron chi connectivity index (χ0n) is 11.5. The minimum atomic E-state index is 0.238. The first-order valence-electron chi connectivity index (χ1n) is 6.80. The van der Waals surface area contributed by atoms with Crippen LogP contribution in [0.5, 0.6) is 0 Å². The van der Waals surface area contributed by atoms with Gasteiger partial charge in [0.15, 0.2) is 0 Å². The Morgan fingerprint density at radius 3 is 2.68 bits per heavy atom. The average Bonchev–Trinajstić information content (AvgIpc) is 2.48. The molecular formula is C17H19NO. The van der Waals surface area contributed by atoms with Gasteiger partial charge in [0.2, 0.25) is 6.08 Å². The van der Waals surface area contributed by atoms with Crippen molar-refractivity contribution in [2.24, 2.45) is 10.4 Å². The Balaban J connectivity index is 2.41. The van der Waals surface area contributed by atoms with Crippen LogP contribution in [0.3, 0.4) is 0 Å². The van der Waals surface area contributed by atoms with E-state index in [1.165, 1.54) is 5.57 Å². The molecule has 1 aromatic carbocycles. The van der Waals surface area contributed by atoms with Crippen LogP contribution in [-0.4, -0.2) is 6.08 Å². The van der Waals surface area contributed by atoms with E-state index in [0.29, 0.717) is 5.69 Å². The highest BCUT2D eigenvalue weighted by molar-refractivity contribution is 5.78. The van der Waals surface area contributed by atoms with Gasteiger partial charge in [-0.2, -0.15) is 4.99 Å². The van der Waals surface area contributed by atoms with E-state index in [9.17, 15) is 4.79 Å². The summed E-state index contributed by atoms with van der Waals surface area (Å²) >= 11 is 0. The Morgan fingerprint density at radius 1 is 1.26 bits per heavy atom. The van der Waals surface area contributed by atoms with E-state index in [1.807, 2.05) is 24.3 Å². The maximum atomic E-state index is 10.5. The van der Waals surface area contributed by atoms with Gasteiger partial charge in [0.1, 0.15) is 0 Å². The highest BCUT2D eigenvalue weighted by Crippen LogP contribution is 2.43. The molecule has 0 amide bonds. The van der Waals surface area contributed by atoms with Crippen molar-refractivity contribution in [1.29, 1.82) is 0 Å². The molecule has 0 fully saturated rings. The molecule has 2 heteroatoms. The Hall–Kier alpha value is -1.92. The van der Waals surface area contributed by atoms with Crippen LogP contribution in [-0.2, 0) is 4.79 Å². The van der Waals surface area contributed by atoms with Crippen molar-refractivity contribution >= 4 is 17.3 Å². The number of benzene rings is 1. The van der Waals surface area contributed by atoms with Gasteiger partial charge in [-0.05, 0) is 36.3 Å². The smallest absolute Gasteiger partial charge is 0.211 e. The Kier molecular flexibility index (Phi) is 4.13. The summed E-state index contributed by atoms with van der Waals surface area (Å²) in [6.07, 6.45) is 11.5. The van der Waals surface area contributed by atoms with E-state index < -0.39 is 0 Å². The molecule has 0 saturated heterocycles. The number of allylic oxidation sites excluding steroid dienone is 4. The molecule has 1 aliphatic rings. The van der Waals surface area contributed by atoms with Crippen LogP contribution in [0.2, 0.25) is 0 Å². The fraction of sp³-hybridized carbons (Fsp3) is 0.353. The van der Waals surface area contributed by atoms with Crippen LogP contribution in [0.1, 0.15) is 38.7 Å². The molecule has 2 rings (SSSR count). The van der Waals surface area contributed by atoms with Crippen molar-refractivity contribution in [2.75, 3.05) is 0 Å². The van der Waals surface area contributed by atoms with E-state index in [2.05, 4.69) is 37.1 Å². The maximum Gasteiger partial charge on any atom is 0.240 e. The van der Waals surface area contributed by atoms with Gasteiger partial charge in [0.05, 0.1) is 5.69 Å². The molecule has 1 aliphatic carbocycles. The first-order valence-corrected chi connectivity index (χ1v) is 6.80. The van der Waals surface area contributed by atoms with Gasteiger partial charge >= 0.3 is 0 Å². The Morgan fingerprint density at radius 2 is 2.00 bits per heavy atom. The second kappa shape index (κ2) is 5.81.